The monoisotopic (exact) mass is 349 g/mol. The van der Waals surface area contributed by atoms with Crippen LogP contribution in [0.15, 0.2) is 27.9 Å². The van der Waals surface area contributed by atoms with E-state index in [1.807, 2.05) is 0 Å². The topological polar surface area (TPSA) is 66.5 Å². The lowest BCUT2D eigenvalue weighted by Crippen LogP contribution is -2.33. The van der Waals surface area contributed by atoms with Crippen LogP contribution in [0.3, 0.4) is 0 Å². The zero-order chi connectivity index (χ0) is 15.9. The van der Waals surface area contributed by atoms with Gasteiger partial charge in [-0.3, -0.25) is 4.99 Å². The van der Waals surface area contributed by atoms with E-state index in [2.05, 4.69) is 38.1 Å². The molecule has 0 aromatic carbocycles. The molecule has 0 unspecified atom stereocenters. The van der Waals surface area contributed by atoms with Gasteiger partial charge in [0, 0.05) is 49.3 Å². The third kappa shape index (κ3) is 4.94. The van der Waals surface area contributed by atoms with E-state index in [0.29, 0.717) is 5.96 Å². The fourth-order valence-corrected chi connectivity index (χ4v) is 4.19. The molecule has 0 radical (unpaired) electrons. The summed E-state index contributed by atoms with van der Waals surface area (Å²) in [5.41, 5.74) is 7.03. The number of aromatic nitrogens is 1. The Bertz CT molecular complexity index is 614. The first-order chi connectivity index (χ1) is 11.3. The maximum Gasteiger partial charge on any atom is 0.188 e. The van der Waals surface area contributed by atoms with Crippen LogP contribution >= 0.6 is 22.7 Å². The average Bonchev–Trinajstić information content (AvgIpc) is 3.29. The van der Waals surface area contributed by atoms with Gasteiger partial charge in [-0.25, -0.2) is 4.98 Å². The van der Waals surface area contributed by atoms with Gasteiger partial charge in [0.25, 0.3) is 0 Å². The number of thiazole rings is 1. The number of hydrogen-bond donors (Lipinski definition) is 2. The summed E-state index contributed by atoms with van der Waals surface area (Å²) in [6.45, 7) is 3.80. The maximum absolute atomic E-state index is 5.90. The minimum Gasteiger partial charge on any atom is -0.370 e. The predicted octanol–water partition coefficient (Wildman–Crippen LogP) is 2.49. The molecule has 1 aliphatic heterocycles. The number of anilines is 1. The van der Waals surface area contributed by atoms with Gasteiger partial charge < -0.3 is 16.0 Å². The van der Waals surface area contributed by atoms with Crippen LogP contribution < -0.4 is 16.0 Å². The fraction of sp³-hybridized carbons (Fsp3) is 0.500. The molecule has 5 nitrogen and oxygen atoms in total. The molecule has 0 spiro atoms. The highest BCUT2D eigenvalue weighted by atomic mass is 32.1. The minimum absolute atomic E-state index is 0.525. The summed E-state index contributed by atoms with van der Waals surface area (Å²) < 4.78 is 0. The van der Waals surface area contributed by atoms with Crippen molar-refractivity contribution in [2.24, 2.45) is 10.7 Å². The Hall–Kier alpha value is -1.60. The number of guanidine groups is 1. The second-order valence-corrected chi connectivity index (χ2v) is 7.46. The molecule has 0 atom stereocenters. The highest BCUT2D eigenvalue weighted by molar-refractivity contribution is 7.13. The lowest BCUT2D eigenvalue weighted by atomic mass is 10.3. The molecular formula is C16H23N5S2. The van der Waals surface area contributed by atoms with Gasteiger partial charge >= 0.3 is 0 Å². The van der Waals surface area contributed by atoms with E-state index in [1.54, 1.807) is 22.7 Å². The number of rotatable bonds is 7. The summed E-state index contributed by atoms with van der Waals surface area (Å²) in [4.78, 5) is 12.8. The van der Waals surface area contributed by atoms with Crippen LogP contribution in [0.5, 0.6) is 0 Å². The zero-order valence-corrected chi connectivity index (χ0v) is 14.8. The maximum atomic E-state index is 5.90. The van der Waals surface area contributed by atoms with Crippen molar-refractivity contribution < 1.29 is 0 Å². The molecule has 0 aliphatic carbocycles. The van der Waals surface area contributed by atoms with Crippen LogP contribution in [0.25, 0.3) is 0 Å². The minimum atomic E-state index is 0.525. The quantitative estimate of drug-likeness (QED) is 0.595. The third-order valence-corrected chi connectivity index (χ3v) is 5.71. The summed E-state index contributed by atoms with van der Waals surface area (Å²) in [5.74, 6) is 0.525. The van der Waals surface area contributed by atoms with Crippen molar-refractivity contribution in [1.82, 2.24) is 10.3 Å². The molecule has 1 saturated heterocycles. The van der Waals surface area contributed by atoms with Gasteiger partial charge in [0.2, 0.25) is 0 Å². The van der Waals surface area contributed by atoms with Crippen molar-refractivity contribution in [3.63, 3.8) is 0 Å². The number of thiophene rings is 1. The molecule has 0 saturated carbocycles. The van der Waals surface area contributed by atoms with E-state index in [-0.39, 0.29) is 0 Å². The highest BCUT2D eigenvalue weighted by Gasteiger charge is 2.15. The van der Waals surface area contributed by atoms with Gasteiger partial charge in [-0.05, 0) is 24.3 Å². The van der Waals surface area contributed by atoms with E-state index >= 15 is 0 Å². The second kappa shape index (κ2) is 8.31. The number of nitrogens with zero attached hydrogens (tertiary/aromatic N) is 3. The van der Waals surface area contributed by atoms with Gasteiger partial charge in [0.05, 0.1) is 5.69 Å². The molecule has 0 bridgehead atoms. The van der Waals surface area contributed by atoms with Gasteiger partial charge in [-0.15, -0.1) is 22.7 Å². The molecule has 1 fully saturated rings. The van der Waals surface area contributed by atoms with Crippen molar-refractivity contribution in [3.05, 3.63) is 33.5 Å². The Balaban J connectivity index is 1.36. The van der Waals surface area contributed by atoms with E-state index < -0.39 is 0 Å². The van der Waals surface area contributed by atoms with Crippen molar-refractivity contribution in [2.45, 2.75) is 25.7 Å². The van der Waals surface area contributed by atoms with Gasteiger partial charge in [0.1, 0.15) is 0 Å². The molecule has 1 aliphatic rings. The van der Waals surface area contributed by atoms with Gasteiger partial charge in [0.15, 0.2) is 11.1 Å². The summed E-state index contributed by atoms with van der Waals surface area (Å²) in [5, 5.41) is 8.57. The zero-order valence-electron chi connectivity index (χ0n) is 13.2. The van der Waals surface area contributed by atoms with Crippen molar-refractivity contribution in [1.29, 1.82) is 0 Å². The second-order valence-electron chi connectivity index (χ2n) is 5.59. The molecule has 2 aromatic heterocycles. The molecule has 3 heterocycles. The Kier molecular flexibility index (Phi) is 5.87. The molecular weight excluding hydrogens is 326 g/mol. The SMILES string of the molecule is NC(=NCCc1cccs1)NCCc1csc(N2CCCC2)n1. The first-order valence-electron chi connectivity index (χ1n) is 8.07. The summed E-state index contributed by atoms with van der Waals surface area (Å²) >= 11 is 3.51. The molecule has 3 rings (SSSR count). The van der Waals surface area contributed by atoms with Crippen LogP contribution in [0.1, 0.15) is 23.4 Å². The smallest absolute Gasteiger partial charge is 0.188 e. The lowest BCUT2D eigenvalue weighted by molar-refractivity contribution is 0.827. The largest absolute Gasteiger partial charge is 0.370 e. The third-order valence-electron chi connectivity index (χ3n) is 3.82. The number of hydrogen-bond acceptors (Lipinski definition) is 5. The van der Waals surface area contributed by atoms with E-state index in [0.717, 1.165) is 49.8 Å². The van der Waals surface area contributed by atoms with E-state index in [9.17, 15) is 0 Å². The average molecular weight is 350 g/mol. The fourth-order valence-electron chi connectivity index (χ4n) is 2.58. The van der Waals surface area contributed by atoms with Gasteiger partial charge in [-0.2, -0.15) is 0 Å². The normalized spacial score (nSPS) is 15.3. The molecule has 3 N–H and O–H groups in total. The Morgan fingerprint density at radius 1 is 1.30 bits per heavy atom. The molecule has 7 heteroatoms. The molecule has 2 aromatic rings. The van der Waals surface area contributed by atoms with Crippen LogP contribution in [-0.4, -0.2) is 37.1 Å². The van der Waals surface area contributed by atoms with Crippen molar-refractivity contribution in [2.75, 3.05) is 31.1 Å². The van der Waals surface area contributed by atoms with E-state index in [4.69, 9.17) is 10.7 Å². The summed E-state index contributed by atoms with van der Waals surface area (Å²) in [7, 11) is 0. The number of nitrogens with one attached hydrogen (secondary N) is 1. The number of nitrogens with two attached hydrogens (primary N) is 1. The highest BCUT2D eigenvalue weighted by Crippen LogP contribution is 2.24. The Morgan fingerprint density at radius 3 is 2.96 bits per heavy atom. The van der Waals surface area contributed by atoms with Crippen LogP contribution in [0.4, 0.5) is 5.13 Å². The summed E-state index contributed by atoms with van der Waals surface area (Å²) in [6, 6.07) is 4.19. The van der Waals surface area contributed by atoms with Crippen LogP contribution in [0.2, 0.25) is 0 Å². The van der Waals surface area contributed by atoms with Crippen LogP contribution in [-0.2, 0) is 12.8 Å². The van der Waals surface area contributed by atoms with E-state index in [1.165, 1.54) is 17.7 Å². The Morgan fingerprint density at radius 2 is 2.17 bits per heavy atom. The first kappa shape index (κ1) is 16.3. The number of aliphatic imine (C=N–C) groups is 1. The summed E-state index contributed by atoms with van der Waals surface area (Å²) in [6.07, 6.45) is 4.40. The van der Waals surface area contributed by atoms with Crippen LogP contribution in [0, 0.1) is 0 Å². The Labute approximate surface area is 145 Å². The first-order valence-corrected chi connectivity index (χ1v) is 9.83. The molecule has 23 heavy (non-hydrogen) atoms. The van der Waals surface area contributed by atoms with Gasteiger partial charge in [-0.1, -0.05) is 6.07 Å². The van der Waals surface area contributed by atoms with Crippen molar-refractivity contribution in [3.8, 4) is 0 Å². The standard InChI is InChI=1S/C16H23N5S2/c17-15(19-8-6-14-4-3-11-22-14)18-7-5-13-12-23-16(20-13)21-9-1-2-10-21/h3-4,11-12H,1-2,5-10H2,(H3,17,18,19). The van der Waals surface area contributed by atoms with Crippen molar-refractivity contribution >= 4 is 33.8 Å². The molecule has 0 amide bonds. The predicted molar refractivity (Wildman–Crippen MR) is 99.8 cm³/mol. The molecule has 124 valence electrons. The lowest BCUT2D eigenvalue weighted by Gasteiger charge is -2.12.